The van der Waals surface area contributed by atoms with Crippen LogP contribution in [0.1, 0.15) is 30.5 Å². The van der Waals surface area contributed by atoms with Gasteiger partial charge in [-0.15, -0.1) is 35.0 Å². The molecule has 0 radical (unpaired) electrons. The Morgan fingerprint density at radius 2 is 2.08 bits per heavy atom. The van der Waals surface area contributed by atoms with Gasteiger partial charge < -0.3 is 10.3 Å². The summed E-state index contributed by atoms with van der Waals surface area (Å²) in [6.45, 7) is 3.00. The van der Waals surface area contributed by atoms with Crippen LogP contribution in [0, 0.1) is 6.92 Å². The van der Waals surface area contributed by atoms with Crippen molar-refractivity contribution in [3.05, 3.63) is 11.6 Å². The average molecular weight is 225 g/mol. The van der Waals surface area contributed by atoms with Crippen LogP contribution in [-0.4, -0.2) is 14.8 Å². The number of nitrogens with two attached hydrogens (primary N) is 1. The van der Waals surface area contributed by atoms with Gasteiger partial charge in [-0.25, -0.2) is 0 Å². The van der Waals surface area contributed by atoms with Gasteiger partial charge in [0.05, 0.1) is 6.04 Å². The Morgan fingerprint density at radius 1 is 1.38 bits per heavy atom. The van der Waals surface area contributed by atoms with Crippen LogP contribution in [0.25, 0.3) is 0 Å². The molecule has 0 saturated carbocycles. The second kappa shape index (κ2) is 4.79. The lowest BCUT2D eigenvalue weighted by atomic mass is 10.1. The van der Waals surface area contributed by atoms with Gasteiger partial charge in [0.25, 0.3) is 0 Å². The number of fused-ring (bicyclic) bond motifs is 1. The molecule has 1 unspecified atom stereocenters. The molecule has 0 bridgehead atoms. The van der Waals surface area contributed by atoms with Gasteiger partial charge in [-0.3, -0.25) is 0 Å². The van der Waals surface area contributed by atoms with Gasteiger partial charge in [0.15, 0.2) is 0 Å². The van der Waals surface area contributed by atoms with E-state index in [4.69, 9.17) is 5.73 Å². The molecule has 0 amide bonds. The normalized spacial score (nSPS) is 19.7. The average Bonchev–Trinajstić information content (AvgIpc) is 2.35. The number of hydrogen-bond acceptors (Lipinski definition) is 3. The highest BCUT2D eigenvalue weighted by atomic mass is 35.5. The van der Waals surface area contributed by atoms with Crippen LogP contribution < -0.4 is 5.73 Å². The lowest BCUT2D eigenvalue weighted by Gasteiger charge is -2.19. The minimum Gasteiger partial charge on any atom is -0.321 e. The van der Waals surface area contributed by atoms with Crippen molar-refractivity contribution >= 4 is 24.8 Å². The van der Waals surface area contributed by atoms with Gasteiger partial charge in [0.1, 0.15) is 11.6 Å². The third kappa shape index (κ3) is 2.13. The summed E-state index contributed by atoms with van der Waals surface area (Å²) in [6, 6.07) is 0.102. The maximum Gasteiger partial charge on any atom is 0.149 e. The third-order valence-electron chi connectivity index (χ3n) is 2.19. The molecule has 1 aliphatic heterocycles. The summed E-state index contributed by atoms with van der Waals surface area (Å²) in [5, 5.41) is 8.01. The van der Waals surface area contributed by atoms with E-state index in [-0.39, 0.29) is 30.9 Å². The predicted octanol–water partition coefficient (Wildman–Crippen LogP) is 1.22. The van der Waals surface area contributed by atoms with Gasteiger partial charge in [0, 0.05) is 6.54 Å². The minimum absolute atomic E-state index is 0. The lowest BCUT2D eigenvalue weighted by Crippen LogP contribution is -2.22. The van der Waals surface area contributed by atoms with Crippen molar-refractivity contribution in [2.45, 2.75) is 32.4 Å². The number of aromatic nitrogens is 3. The van der Waals surface area contributed by atoms with Gasteiger partial charge in [0.2, 0.25) is 0 Å². The molecule has 2 heterocycles. The van der Waals surface area contributed by atoms with Crippen LogP contribution in [0.2, 0.25) is 0 Å². The molecule has 0 aromatic carbocycles. The number of rotatable bonds is 0. The predicted molar refractivity (Wildman–Crippen MR) is 55.4 cm³/mol. The van der Waals surface area contributed by atoms with Crippen molar-refractivity contribution in [3.63, 3.8) is 0 Å². The summed E-state index contributed by atoms with van der Waals surface area (Å²) in [6.07, 6.45) is 2.19. The van der Waals surface area contributed by atoms with Crippen molar-refractivity contribution in [1.29, 1.82) is 0 Å². The van der Waals surface area contributed by atoms with Crippen molar-refractivity contribution in [2.24, 2.45) is 5.73 Å². The van der Waals surface area contributed by atoms with Gasteiger partial charge in [-0.05, 0) is 19.8 Å². The minimum atomic E-state index is 0. The van der Waals surface area contributed by atoms with E-state index in [0.29, 0.717) is 0 Å². The fourth-order valence-corrected chi connectivity index (χ4v) is 1.55. The first-order valence-corrected chi connectivity index (χ1v) is 3.94. The van der Waals surface area contributed by atoms with Crippen LogP contribution in [0.3, 0.4) is 0 Å². The quantitative estimate of drug-likeness (QED) is 0.722. The summed E-state index contributed by atoms with van der Waals surface area (Å²) >= 11 is 0. The summed E-state index contributed by atoms with van der Waals surface area (Å²) in [5.41, 5.74) is 5.84. The van der Waals surface area contributed by atoms with E-state index in [9.17, 15) is 0 Å². The number of nitrogens with zero attached hydrogens (tertiary/aromatic N) is 3. The molecule has 0 spiro atoms. The molecule has 1 aromatic rings. The van der Waals surface area contributed by atoms with Gasteiger partial charge in [-0.1, -0.05) is 0 Å². The van der Waals surface area contributed by atoms with E-state index >= 15 is 0 Å². The standard InChI is InChI=1S/C7H12N4.2ClH/c1-5-9-10-7-6(8)3-2-4-11(5)7;;/h6H,2-4,8H2,1H3;2*1H. The molecule has 1 atom stereocenters. The molecular formula is C7H14Cl2N4. The first kappa shape index (κ1) is 12.7. The molecule has 0 aliphatic carbocycles. The van der Waals surface area contributed by atoms with E-state index in [1.165, 1.54) is 0 Å². The maximum atomic E-state index is 5.84. The molecule has 0 saturated heterocycles. The highest BCUT2D eigenvalue weighted by Crippen LogP contribution is 2.20. The maximum absolute atomic E-state index is 5.84. The second-order valence-electron chi connectivity index (χ2n) is 3.01. The van der Waals surface area contributed by atoms with Gasteiger partial charge >= 0.3 is 0 Å². The molecule has 1 aliphatic rings. The SMILES string of the molecule is Cc1nnc2n1CCCC2N.Cl.Cl. The molecule has 2 rings (SSSR count). The summed E-state index contributed by atoms with van der Waals surface area (Å²) in [5.74, 6) is 1.93. The second-order valence-corrected chi connectivity index (χ2v) is 3.01. The van der Waals surface area contributed by atoms with E-state index < -0.39 is 0 Å². The Balaban J connectivity index is 0.000000720. The summed E-state index contributed by atoms with van der Waals surface area (Å²) in [4.78, 5) is 0. The molecule has 6 heteroatoms. The van der Waals surface area contributed by atoms with Gasteiger partial charge in [-0.2, -0.15) is 0 Å². The first-order chi connectivity index (χ1) is 5.29. The van der Waals surface area contributed by atoms with Crippen molar-refractivity contribution in [3.8, 4) is 0 Å². The monoisotopic (exact) mass is 224 g/mol. The zero-order chi connectivity index (χ0) is 7.84. The zero-order valence-electron chi connectivity index (χ0n) is 7.43. The summed E-state index contributed by atoms with van der Waals surface area (Å²) in [7, 11) is 0. The Bertz CT molecular complexity index is 273. The third-order valence-corrected chi connectivity index (χ3v) is 2.19. The van der Waals surface area contributed by atoms with E-state index in [1.54, 1.807) is 0 Å². The zero-order valence-corrected chi connectivity index (χ0v) is 9.07. The Hall–Kier alpha value is -0.320. The Labute approximate surface area is 89.7 Å². The van der Waals surface area contributed by atoms with E-state index in [2.05, 4.69) is 14.8 Å². The van der Waals surface area contributed by atoms with Crippen LogP contribution in [0.4, 0.5) is 0 Å². The summed E-state index contributed by atoms with van der Waals surface area (Å²) < 4.78 is 2.11. The molecule has 0 fully saturated rings. The first-order valence-electron chi connectivity index (χ1n) is 3.94. The van der Waals surface area contributed by atoms with Crippen molar-refractivity contribution in [1.82, 2.24) is 14.8 Å². The van der Waals surface area contributed by atoms with Crippen molar-refractivity contribution in [2.75, 3.05) is 0 Å². The smallest absolute Gasteiger partial charge is 0.149 e. The molecule has 13 heavy (non-hydrogen) atoms. The number of halogens is 2. The molecule has 4 nitrogen and oxygen atoms in total. The Morgan fingerprint density at radius 3 is 2.69 bits per heavy atom. The number of hydrogen-bond donors (Lipinski definition) is 1. The fraction of sp³-hybridized carbons (Fsp3) is 0.714. The molecule has 1 aromatic heterocycles. The van der Waals surface area contributed by atoms with Crippen molar-refractivity contribution < 1.29 is 0 Å². The van der Waals surface area contributed by atoms with Crippen LogP contribution in [0.15, 0.2) is 0 Å². The van der Waals surface area contributed by atoms with Crippen LogP contribution >= 0.6 is 24.8 Å². The highest BCUT2D eigenvalue weighted by molar-refractivity contribution is 5.85. The lowest BCUT2D eigenvalue weighted by molar-refractivity contribution is 0.446. The number of aryl methyl sites for hydroxylation is 1. The van der Waals surface area contributed by atoms with E-state index in [0.717, 1.165) is 31.0 Å². The van der Waals surface area contributed by atoms with E-state index in [1.807, 2.05) is 6.92 Å². The van der Waals surface area contributed by atoms with Crippen LogP contribution in [0.5, 0.6) is 0 Å². The molecular weight excluding hydrogens is 211 g/mol. The fourth-order valence-electron chi connectivity index (χ4n) is 1.55. The largest absolute Gasteiger partial charge is 0.321 e. The topological polar surface area (TPSA) is 56.7 Å². The molecule has 76 valence electrons. The molecule has 2 N–H and O–H groups in total. The highest BCUT2D eigenvalue weighted by Gasteiger charge is 2.19. The Kier molecular flexibility index (Phi) is 4.67. The van der Waals surface area contributed by atoms with Crippen LogP contribution in [-0.2, 0) is 6.54 Å².